The van der Waals surface area contributed by atoms with Gasteiger partial charge in [-0.25, -0.2) is 13.4 Å². The SMILES string of the molecule is CN1CCn2c(nc3cc(NS(C)(=O)=O)ccc32)C1. The Hall–Kier alpha value is -1.60. The van der Waals surface area contributed by atoms with E-state index in [0.717, 1.165) is 42.7 Å². The summed E-state index contributed by atoms with van der Waals surface area (Å²) in [6, 6.07) is 5.48. The molecular formula is C12H16N4O2S. The van der Waals surface area contributed by atoms with Crippen molar-refractivity contribution in [2.75, 3.05) is 24.6 Å². The van der Waals surface area contributed by atoms with Gasteiger partial charge in [-0.15, -0.1) is 0 Å². The van der Waals surface area contributed by atoms with Crippen LogP contribution in [-0.2, 0) is 23.1 Å². The predicted molar refractivity (Wildman–Crippen MR) is 74.5 cm³/mol. The molecule has 0 amide bonds. The van der Waals surface area contributed by atoms with Crippen molar-refractivity contribution >= 4 is 26.7 Å². The van der Waals surface area contributed by atoms with Gasteiger partial charge in [0.15, 0.2) is 0 Å². The van der Waals surface area contributed by atoms with Crippen LogP contribution >= 0.6 is 0 Å². The largest absolute Gasteiger partial charge is 0.326 e. The van der Waals surface area contributed by atoms with E-state index in [1.165, 1.54) is 0 Å². The van der Waals surface area contributed by atoms with Crippen LogP contribution in [0, 0.1) is 0 Å². The number of rotatable bonds is 2. The third-order valence-corrected chi connectivity index (χ3v) is 3.85. The number of nitrogens with one attached hydrogen (secondary N) is 1. The van der Waals surface area contributed by atoms with Crippen LogP contribution in [0.25, 0.3) is 11.0 Å². The Morgan fingerprint density at radius 1 is 1.32 bits per heavy atom. The number of hydrogen-bond donors (Lipinski definition) is 1. The van der Waals surface area contributed by atoms with Crippen molar-refractivity contribution < 1.29 is 8.42 Å². The first kappa shape index (κ1) is 12.4. The molecule has 2 heterocycles. The summed E-state index contributed by atoms with van der Waals surface area (Å²) in [5.74, 6) is 1.03. The maximum atomic E-state index is 11.2. The Bertz CT molecular complexity index is 736. The molecule has 0 aliphatic carbocycles. The van der Waals surface area contributed by atoms with Gasteiger partial charge in [-0.3, -0.25) is 9.62 Å². The van der Waals surface area contributed by atoms with Crippen LogP contribution in [0.5, 0.6) is 0 Å². The molecule has 3 rings (SSSR count). The number of benzene rings is 1. The fraction of sp³-hybridized carbons (Fsp3) is 0.417. The minimum Gasteiger partial charge on any atom is -0.326 e. The minimum absolute atomic E-state index is 0.554. The van der Waals surface area contributed by atoms with Gasteiger partial charge in [0, 0.05) is 13.1 Å². The van der Waals surface area contributed by atoms with Crippen molar-refractivity contribution in [1.82, 2.24) is 14.5 Å². The Balaban J connectivity index is 2.05. The van der Waals surface area contributed by atoms with Crippen LogP contribution in [0.4, 0.5) is 5.69 Å². The van der Waals surface area contributed by atoms with Gasteiger partial charge in [0.1, 0.15) is 5.82 Å². The lowest BCUT2D eigenvalue weighted by atomic mass is 10.3. The minimum atomic E-state index is -3.25. The molecule has 1 aromatic heterocycles. The van der Waals surface area contributed by atoms with Gasteiger partial charge >= 0.3 is 0 Å². The number of likely N-dealkylation sites (N-methyl/N-ethyl adjacent to an activating group) is 1. The number of imidazole rings is 1. The van der Waals surface area contributed by atoms with Crippen LogP contribution in [0.3, 0.4) is 0 Å². The highest BCUT2D eigenvalue weighted by atomic mass is 32.2. The van der Waals surface area contributed by atoms with E-state index in [2.05, 4.69) is 26.2 Å². The zero-order valence-electron chi connectivity index (χ0n) is 10.9. The molecule has 0 atom stereocenters. The molecule has 7 heteroatoms. The van der Waals surface area contributed by atoms with Gasteiger partial charge in [-0.2, -0.15) is 0 Å². The molecule has 6 nitrogen and oxygen atoms in total. The van der Waals surface area contributed by atoms with E-state index in [0.29, 0.717) is 5.69 Å². The number of nitrogens with zero attached hydrogens (tertiary/aromatic N) is 3. The Labute approximate surface area is 112 Å². The molecule has 0 spiro atoms. The van der Waals surface area contributed by atoms with E-state index in [4.69, 9.17) is 0 Å². The summed E-state index contributed by atoms with van der Waals surface area (Å²) >= 11 is 0. The second kappa shape index (κ2) is 4.21. The summed E-state index contributed by atoms with van der Waals surface area (Å²) in [5, 5.41) is 0. The third-order valence-electron chi connectivity index (χ3n) is 3.25. The molecule has 0 radical (unpaired) electrons. The van der Waals surface area contributed by atoms with E-state index in [9.17, 15) is 8.42 Å². The highest BCUT2D eigenvalue weighted by molar-refractivity contribution is 7.92. The Kier molecular flexibility index (Phi) is 2.75. The molecule has 102 valence electrons. The van der Waals surface area contributed by atoms with E-state index in [-0.39, 0.29) is 0 Å². The molecule has 0 unspecified atom stereocenters. The average molecular weight is 280 g/mol. The molecule has 0 bridgehead atoms. The number of sulfonamides is 1. The van der Waals surface area contributed by atoms with E-state index >= 15 is 0 Å². The van der Waals surface area contributed by atoms with Crippen LogP contribution < -0.4 is 4.72 Å². The quantitative estimate of drug-likeness (QED) is 0.885. The van der Waals surface area contributed by atoms with Crippen molar-refractivity contribution in [3.05, 3.63) is 24.0 Å². The average Bonchev–Trinajstić information content (AvgIpc) is 2.62. The lowest BCUT2D eigenvalue weighted by Gasteiger charge is -2.23. The molecule has 0 saturated heterocycles. The monoisotopic (exact) mass is 280 g/mol. The van der Waals surface area contributed by atoms with Crippen molar-refractivity contribution in [2.45, 2.75) is 13.1 Å². The van der Waals surface area contributed by atoms with E-state index in [1.54, 1.807) is 12.1 Å². The maximum absolute atomic E-state index is 11.2. The number of aromatic nitrogens is 2. The third kappa shape index (κ3) is 2.43. The number of hydrogen-bond acceptors (Lipinski definition) is 4. The van der Waals surface area contributed by atoms with Gasteiger partial charge in [0.25, 0.3) is 0 Å². The second-order valence-corrected chi connectivity index (χ2v) is 6.74. The summed E-state index contributed by atoms with van der Waals surface area (Å²) in [5.41, 5.74) is 2.44. The first-order valence-electron chi connectivity index (χ1n) is 6.08. The second-order valence-electron chi connectivity index (χ2n) is 5.00. The Morgan fingerprint density at radius 3 is 2.84 bits per heavy atom. The summed E-state index contributed by atoms with van der Waals surface area (Å²) < 4.78 is 27.1. The summed E-state index contributed by atoms with van der Waals surface area (Å²) in [7, 11) is -1.18. The highest BCUT2D eigenvalue weighted by Crippen LogP contribution is 2.23. The molecule has 1 aliphatic rings. The van der Waals surface area contributed by atoms with Crippen LogP contribution in [0.2, 0.25) is 0 Å². The molecule has 2 aromatic rings. The fourth-order valence-corrected chi connectivity index (χ4v) is 2.97. The topological polar surface area (TPSA) is 67.2 Å². The highest BCUT2D eigenvalue weighted by Gasteiger charge is 2.17. The van der Waals surface area contributed by atoms with Gasteiger partial charge in [-0.05, 0) is 25.2 Å². The van der Waals surface area contributed by atoms with Crippen LogP contribution in [0.15, 0.2) is 18.2 Å². The first-order chi connectivity index (χ1) is 8.92. The van der Waals surface area contributed by atoms with Gasteiger partial charge in [0.2, 0.25) is 10.0 Å². The fourth-order valence-electron chi connectivity index (χ4n) is 2.42. The summed E-state index contributed by atoms with van der Waals surface area (Å²) in [6.07, 6.45) is 1.14. The van der Waals surface area contributed by atoms with Gasteiger partial charge in [0.05, 0.1) is 29.5 Å². The lowest BCUT2D eigenvalue weighted by molar-refractivity contribution is 0.267. The number of fused-ring (bicyclic) bond motifs is 3. The van der Waals surface area contributed by atoms with Crippen LogP contribution in [-0.4, -0.2) is 42.7 Å². The normalized spacial score (nSPS) is 16.5. The van der Waals surface area contributed by atoms with Crippen LogP contribution in [0.1, 0.15) is 5.82 Å². The standard InChI is InChI=1S/C12H16N4O2S/c1-15-5-6-16-11-4-3-9(14-19(2,17)18)7-10(11)13-12(16)8-15/h3-4,7,14H,5-6,8H2,1-2H3. The Morgan fingerprint density at radius 2 is 2.11 bits per heavy atom. The van der Waals surface area contributed by atoms with Gasteiger partial charge in [-0.1, -0.05) is 0 Å². The van der Waals surface area contributed by atoms with Gasteiger partial charge < -0.3 is 4.57 Å². The molecular weight excluding hydrogens is 264 g/mol. The summed E-state index contributed by atoms with van der Waals surface area (Å²) in [6.45, 7) is 2.74. The predicted octanol–water partition coefficient (Wildman–Crippen LogP) is 0.853. The smallest absolute Gasteiger partial charge is 0.229 e. The maximum Gasteiger partial charge on any atom is 0.229 e. The molecule has 0 fully saturated rings. The molecule has 19 heavy (non-hydrogen) atoms. The molecule has 1 N–H and O–H groups in total. The summed E-state index contributed by atoms with van der Waals surface area (Å²) in [4.78, 5) is 6.80. The van der Waals surface area contributed by atoms with Crippen molar-refractivity contribution in [1.29, 1.82) is 0 Å². The van der Waals surface area contributed by atoms with E-state index in [1.807, 2.05) is 6.07 Å². The molecule has 1 aliphatic heterocycles. The number of anilines is 1. The first-order valence-corrected chi connectivity index (χ1v) is 7.97. The van der Waals surface area contributed by atoms with Crippen molar-refractivity contribution in [3.63, 3.8) is 0 Å². The molecule has 0 saturated carbocycles. The lowest BCUT2D eigenvalue weighted by Crippen LogP contribution is -2.30. The van der Waals surface area contributed by atoms with Crippen molar-refractivity contribution in [3.8, 4) is 0 Å². The zero-order chi connectivity index (χ0) is 13.6. The van der Waals surface area contributed by atoms with E-state index < -0.39 is 10.0 Å². The molecule has 1 aromatic carbocycles. The zero-order valence-corrected chi connectivity index (χ0v) is 11.7. The van der Waals surface area contributed by atoms with Crippen molar-refractivity contribution in [2.24, 2.45) is 0 Å².